The zero-order chi connectivity index (χ0) is 8.55. The fourth-order valence-electron chi connectivity index (χ4n) is 1.24. The van der Waals surface area contributed by atoms with Gasteiger partial charge >= 0.3 is 0 Å². The Bertz CT molecular complexity index is 462. The van der Waals surface area contributed by atoms with Crippen LogP contribution in [0.1, 0.15) is 11.3 Å². The molecule has 2 aromatic rings. The first-order valence-electron chi connectivity index (χ1n) is 3.66. The molecular formula is C9H7N3. The van der Waals surface area contributed by atoms with Crippen LogP contribution in [0.2, 0.25) is 0 Å². The first-order valence-corrected chi connectivity index (χ1v) is 3.66. The van der Waals surface area contributed by atoms with Crippen LogP contribution in [0.15, 0.2) is 24.4 Å². The molecule has 0 radical (unpaired) electrons. The monoisotopic (exact) mass is 157 g/mol. The predicted molar refractivity (Wildman–Crippen MR) is 44.6 cm³/mol. The number of fused-ring (bicyclic) bond motifs is 1. The molecule has 0 bridgehead atoms. The van der Waals surface area contributed by atoms with Crippen molar-refractivity contribution >= 4 is 5.52 Å². The molecule has 3 nitrogen and oxygen atoms in total. The summed E-state index contributed by atoms with van der Waals surface area (Å²) in [4.78, 5) is 0. The molecule has 12 heavy (non-hydrogen) atoms. The van der Waals surface area contributed by atoms with E-state index in [1.807, 2.05) is 19.1 Å². The van der Waals surface area contributed by atoms with Crippen molar-refractivity contribution in [2.45, 2.75) is 6.92 Å². The highest BCUT2D eigenvalue weighted by atomic mass is 15.2. The molecule has 2 aromatic heterocycles. The fraction of sp³-hybridized carbons (Fsp3) is 0.111. The summed E-state index contributed by atoms with van der Waals surface area (Å²) in [6, 6.07) is 7.68. The summed E-state index contributed by atoms with van der Waals surface area (Å²) in [5, 5.41) is 12.8. The number of hydrogen-bond donors (Lipinski definition) is 0. The Balaban J connectivity index is 2.94. The van der Waals surface area contributed by atoms with Crippen LogP contribution >= 0.6 is 0 Å². The van der Waals surface area contributed by atoms with Gasteiger partial charge in [-0.05, 0) is 24.6 Å². The normalized spacial score (nSPS) is 10.0. The molecule has 2 rings (SSSR count). The maximum Gasteiger partial charge on any atom is 0.142 e. The molecule has 0 unspecified atom stereocenters. The van der Waals surface area contributed by atoms with Gasteiger partial charge in [0.05, 0.1) is 11.7 Å². The van der Waals surface area contributed by atoms with Crippen LogP contribution in [0, 0.1) is 18.3 Å². The van der Waals surface area contributed by atoms with Crippen LogP contribution in [-0.2, 0) is 0 Å². The molecule has 3 heteroatoms. The molecule has 0 amide bonds. The van der Waals surface area contributed by atoms with Crippen LogP contribution in [0.25, 0.3) is 5.52 Å². The Morgan fingerprint density at radius 3 is 3.00 bits per heavy atom. The maximum atomic E-state index is 8.73. The third kappa shape index (κ3) is 0.785. The van der Waals surface area contributed by atoms with Gasteiger partial charge in [0.25, 0.3) is 0 Å². The van der Waals surface area contributed by atoms with Crippen LogP contribution in [0.5, 0.6) is 0 Å². The molecular weight excluding hydrogens is 150 g/mol. The minimum atomic E-state index is 0.570. The highest BCUT2D eigenvalue weighted by molar-refractivity contribution is 5.55. The zero-order valence-corrected chi connectivity index (χ0v) is 6.65. The standard InChI is InChI=1S/C9H7N3/c1-7-2-3-8(6-10)12-9(7)4-5-11-12/h2-5H,1H3. The van der Waals surface area contributed by atoms with Gasteiger partial charge < -0.3 is 0 Å². The number of hydrogen-bond acceptors (Lipinski definition) is 2. The van der Waals surface area contributed by atoms with Crippen molar-refractivity contribution in [2.24, 2.45) is 0 Å². The average molecular weight is 157 g/mol. The van der Waals surface area contributed by atoms with Crippen LogP contribution in [0.4, 0.5) is 0 Å². The maximum absolute atomic E-state index is 8.73. The number of aromatic nitrogens is 2. The van der Waals surface area contributed by atoms with E-state index in [-0.39, 0.29) is 0 Å². The molecule has 2 heterocycles. The predicted octanol–water partition coefficient (Wildman–Crippen LogP) is 1.51. The summed E-state index contributed by atoms with van der Waals surface area (Å²) in [5.74, 6) is 0. The van der Waals surface area contributed by atoms with E-state index in [1.165, 1.54) is 0 Å². The molecule has 0 aliphatic carbocycles. The summed E-state index contributed by atoms with van der Waals surface area (Å²) < 4.78 is 1.65. The smallest absolute Gasteiger partial charge is 0.142 e. The van der Waals surface area contributed by atoms with Crippen molar-refractivity contribution in [2.75, 3.05) is 0 Å². The van der Waals surface area contributed by atoms with E-state index in [0.717, 1.165) is 11.1 Å². The molecule has 0 aliphatic rings. The second-order valence-electron chi connectivity index (χ2n) is 2.64. The largest absolute Gasteiger partial charge is 0.223 e. The highest BCUT2D eigenvalue weighted by Gasteiger charge is 2.01. The first kappa shape index (κ1) is 6.86. The van der Waals surface area contributed by atoms with Gasteiger partial charge in [-0.3, -0.25) is 0 Å². The van der Waals surface area contributed by atoms with Crippen molar-refractivity contribution in [3.8, 4) is 6.07 Å². The van der Waals surface area contributed by atoms with Crippen molar-refractivity contribution < 1.29 is 0 Å². The van der Waals surface area contributed by atoms with Gasteiger partial charge in [-0.25, -0.2) is 4.52 Å². The van der Waals surface area contributed by atoms with E-state index in [2.05, 4.69) is 11.2 Å². The summed E-state index contributed by atoms with van der Waals surface area (Å²) in [5.41, 5.74) is 2.70. The molecule has 0 aromatic carbocycles. The Labute approximate surface area is 69.9 Å². The lowest BCUT2D eigenvalue weighted by Crippen LogP contribution is -1.94. The van der Waals surface area contributed by atoms with Gasteiger partial charge in [0.1, 0.15) is 11.8 Å². The lowest BCUT2D eigenvalue weighted by molar-refractivity contribution is 0.936. The number of rotatable bonds is 0. The molecule has 0 aliphatic heterocycles. The molecule has 0 saturated carbocycles. The number of pyridine rings is 1. The Kier molecular flexibility index (Phi) is 1.34. The minimum absolute atomic E-state index is 0.570. The van der Waals surface area contributed by atoms with Gasteiger partial charge in [0.2, 0.25) is 0 Å². The molecule has 58 valence electrons. The van der Waals surface area contributed by atoms with Gasteiger partial charge in [-0.1, -0.05) is 6.07 Å². The Morgan fingerprint density at radius 1 is 1.42 bits per heavy atom. The summed E-state index contributed by atoms with van der Waals surface area (Å²) in [7, 11) is 0. The van der Waals surface area contributed by atoms with Gasteiger partial charge in [-0.2, -0.15) is 10.4 Å². The van der Waals surface area contributed by atoms with Gasteiger partial charge in [0.15, 0.2) is 0 Å². The summed E-state index contributed by atoms with van der Waals surface area (Å²) in [6.45, 7) is 2.00. The van der Waals surface area contributed by atoms with Crippen LogP contribution in [0.3, 0.4) is 0 Å². The van der Waals surface area contributed by atoms with Crippen LogP contribution < -0.4 is 0 Å². The Morgan fingerprint density at radius 2 is 2.25 bits per heavy atom. The summed E-state index contributed by atoms with van der Waals surface area (Å²) >= 11 is 0. The van der Waals surface area contributed by atoms with E-state index >= 15 is 0 Å². The van der Waals surface area contributed by atoms with E-state index < -0.39 is 0 Å². The van der Waals surface area contributed by atoms with Crippen molar-refractivity contribution in [3.63, 3.8) is 0 Å². The Hall–Kier alpha value is -1.82. The number of aryl methyl sites for hydroxylation is 1. The number of nitrogens with zero attached hydrogens (tertiary/aromatic N) is 3. The third-order valence-corrected chi connectivity index (χ3v) is 1.88. The average Bonchev–Trinajstić information content (AvgIpc) is 2.54. The van der Waals surface area contributed by atoms with Gasteiger partial charge in [0, 0.05) is 0 Å². The quantitative estimate of drug-likeness (QED) is 0.581. The van der Waals surface area contributed by atoms with Crippen molar-refractivity contribution in [1.82, 2.24) is 9.61 Å². The van der Waals surface area contributed by atoms with Gasteiger partial charge in [-0.15, -0.1) is 0 Å². The zero-order valence-electron chi connectivity index (χ0n) is 6.65. The van der Waals surface area contributed by atoms with Crippen molar-refractivity contribution in [1.29, 1.82) is 5.26 Å². The molecule has 0 spiro atoms. The molecule has 0 fully saturated rings. The minimum Gasteiger partial charge on any atom is -0.223 e. The number of nitriles is 1. The lowest BCUT2D eigenvalue weighted by atomic mass is 10.2. The first-order chi connectivity index (χ1) is 5.83. The second-order valence-corrected chi connectivity index (χ2v) is 2.64. The third-order valence-electron chi connectivity index (χ3n) is 1.88. The fourth-order valence-corrected chi connectivity index (χ4v) is 1.24. The molecule has 0 saturated heterocycles. The van der Waals surface area contributed by atoms with E-state index in [1.54, 1.807) is 16.8 Å². The molecule has 0 N–H and O–H groups in total. The second kappa shape index (κ2) is 2.35. The lowest BCUT2D eigenvalue weighted by Gasteiger charge is -1.98. The van der Waals surface area contributed by atoms with E-state index in [9.17, 15) is 0 Å². The van der Waals surface area contributed by atoms with E-state index in [0.29, 0.717) is 5.69 Å². The van der Waals surface area contributed by atoms with E-state index in [4.69, 9.17) is 5.26 Å². The summed E-state index contributed by atoms with van der Waals surface area (Å²) in [6.07, 6.45) is 1.70. The molecule has 0 atom stereocenters. The topological polar surface area (TPSA) is 41.1 Å². The highest BCUT2D eigenvalue weighted by Crippen LogP contribution is 2.10. The SMILES string of the molecule is Cc1ccc(C#N)n2nccc12. The van der Waals surface area contributed by atoms with Crippen molar-refractivity contribution in [3.05, 3.63) is 35.7 Å². The van der Waals surface area contributed by atoms with Crippen LogP contribution in [-0.4, -0.2) is 9.61 Å².